The summed E-state index contributed by atoms with van der Waals surface area (Å²) in [6.45, 7) is 1.96. The summed E-state index contributed by atoms with van der Waals surface area (Å²) in [6, 6.07) is 16.2. The molecule has 2 N–H and O–H groups in total. The number of piperidine rings is 1. The Morgan fingerprint density at radius 3 is 2.87 bits per heavy atom. The number of rotatable bonds is 3. The molecule has 2 aromatic carbocycles. The van der Waals surface area contributed by atoms with Gasteiger partial charge in [-0.3, -0.25) is 9.13 Å². The summed E-state index contributed by atoms with van der Waals surface area (Å²) in [5, 5.41) is 11.8. The van der Waals surface area contributed by atoms with Crippen LogP contribution in [-0.2, 0) is 13.6 Å². The fourth-order valence-corrected chi connectivity index (χ4v) is 4.69. The van der Waals surface area contributed by atoms with E-state index < -0.39 is 0 Å². The number of imidazole rings is 1. The second-order valence-corrected chi connectivity index (χ2v) is 8.21. The van der Waals surface area contributed by atoms with Crippen molar-refractivity contribution in [3.05, 3.63) is 70.3 Å². The summed E-state index contributed by atoms with van der Waals surface area (Å²) in [6.07, 6.45) is 3.78. The van der Waals surface area contributed by atoms with Crippen LogP contribution >= 0.6 is 0 Å². The van der Waals surface area contributed by atoms with Gasteiger partial charge in [0, 0.05) is 32.4 Å². The molecule has 3 heterocycles. The fourth-order valence-electron chi connectivity index (χ4n) is 4.69. The minimum atomic E-state index is -0.145. The molecule has 0 spiro atoms. The normalized spacial score (nSPS) is 16.7. The van der Waals surface area contributed by atoms with Crippen LogP contribution in [0.4, 0.5) is 5.69 Å². The van der Waals surface area contributed by atoms with Crippen molar-refractivity contribution in [3.8, 4) is 6.07 Å². The number of anilines is 1. The van der Waals surface area contributed by atoms with Crippen molar-refractivity contribution in [2.75, 3.05) is 18.0 Å². The quantitative estimate of drug-likeness (QED) is 0.559. The van der Waals surface area contributed by atoms with Crippen LogP contribution in [0.25, 0.3) is 21.9 Å². The van der Waals surface area contributed by atoms with Crippen LogP contribution in [0.15, 0.2) is 53.5 Å². The van der Waals surface area contributed by atoms with Gasteiger partial charge in [-0.25, -0.2) is 9.78 Å². The zero-order valence-corrected chi connectivity index (χ0v) is 17.5. The molecule has 4 aromatic rings. The highest BCUT2D eigenvalue weighted by atomic mass is 16.1. The lowest BCUT2D eigenvalue weighted by Gasteiger charge is -2.33. The van der Waals surface area contributed by atoms with Gasteiger partial charge < -0.3 is 10.6 Å². The Labute approximate surface area is 179 Å². The number of fused-ring (bicyclic) bond motifs is 2. The molecule has 1 saturated heterocycles. The summed E-state index contributed by atoms with van der Waals surface area (Å²) in [5.41, 5.74) is 9.91. The van der Waals surface area contributed by atoms with Gasteiger partial charge in [-0.1, -0.05) is 36.4 Å². The third-order valence-electron chi connectivity index (χ3n) is 6.24. The molecule has 31 heavy (non-hydrogen) atoms. The van der Waals surface area contributed by atoms with Crippen molar-refractivity contribution in [1.82, 2.24) is 14.1 Å². The van der Waals surface area contributed by atoms with Gasteiger partial charge in [0.05, 0.1) is 17.8 Å². The number of nitriles is 1. The molecular formula is C24H24N6O. The second kappa shape index (κ2) is 7.56. The second-order valence-electron chi connectivity index (χ2n) is 8.21. The summed E-state index contributed by atoms with van der Waals surface area (Å²) < 4.78 is 3.32. The van der Waals surface area contributed by atoms with Gasteiger partial charge in [0.15, 0.2) is 5.65 Å². The van der Waals surface area contributed by atoms with E-state index in [-0.39, 0.29) is 11.7 Å². The summed E-state index contributed by atoms with van der Waals surface area (Å²) in [7, 11) is 1.74. The van der Waals surface area contributed by atoms with Gasteiger partial charge in [0.1, 0.15) is 11.6 Å². The average molecular weight is 412 g/mol. The first-order valence-electron chi connectivity index (χ1n) is 10.5. The maximum atomic E-state index is 13.2. The molecule has 5 rings (SSSR count). The molecule has 7 nitrogen and oxygen atoms in total. The lowest BCUT2D eigenvalue weighted by atomic mass is 9.99. The minimum absolute atomic E-state index is 0.117. The van der Waals surface area contributed by atoms with Crippen molar-refractivity contribution in [2.45, 2.75) is 25.4 Å². The first kappa shape index (κ1) is 19.3. The molecule has 0 radical (unpaired) electrons. The van der Waals surface area contributed by atoms with E-state index >= 15 is 0 Å². The summed E-state index contributed by atoms with van der Waals surface area (Å²) in [4.78, 5) is 20.0. The molecule has 7 heteroatoms. The van der Waals surface area contributed by atoms with E-state index in [4.69, 9.17) is 5.73 Å². The first-order valence-corrected chi connectivity index (χ1v) is 10.5. The van der Waals surface area contributed by atoms with Crippen molar-refractivity contribution in [1.29, 1.82) is 5.26 Å². The number of aryl methyl sites for hydroxylation is 1. The van der Waals surface area contributed by atoms with Crippen molar-refractivity contribution >= 4 is 27.6 Å². The Bertz CT molecular complexity index is 1390. The van der Waals surface area contributed by atoms with Crippen molar-refractivity contribution in [3.63, 3.8) is 0 Å². The Morgan fingerprint density at radius 2 is 2.06 bits per heavy atom. The standard InChI is InChI=1S/C24H24N6O/c1-28-23-22(21(10-11-27-23)29-12-4-6-18(26)15-29)30(24(28)31)14-17-9-8-16-5-2-3-7-19(16)20(17)13-25/h2-3,5,7-11,18H,4,6,12,14-15,26H2,1H3/t18-/m1/s1. The molecule has 1 fully saturated rings. The number of benzene rings is 2. The Hall–Kier alpha value is -3.63. The highest BCUT2D eigenvalue weighted by Crippen LogP contribution is 2.29. The van der Waals surface area contributed by atoms with E-state index in [9.17, 15) is 10.1 Å². The van der Waals surface area contributed by atoms with E-state index in [1.54, 1.807) is 22.4 Å². The molecule has 2 aromatic heterocycles. The molecule has 0 aliphatic carbocycles. The first-order chi connectivity index (χ1) is 15.1. The Kier molecular flexibility index (Phi) is 4.72. The van der Waals surface area contributed by atoms with Crippen LogP contribution < -0.4 is 16.3 Å². The number of pyridine rings is 1. The molecule has 156 valence electrons. The lowest BCUT2D eigenvalue weighted by Crippen LogP contribution is -2.43. The maximum Gasteiger partial charge on any atom is 0.330 e. The fraction of sp³-hybridized carbons (Fsp3) is 0.292. The average Bonchev–Trinajstić information content (AvgIpc) is 3.04. The Morgan fingerprint density at radius 1 is 1.23 bits per heavy atom. The lowest BCUT2D eigenvalue weighted by molar-refractivity contribution is 0.506. The minimum Gasteiger partial charge on any atom is -0.368 e. The molecular weight excluding hydrogens is 388 g/mol. The number of hydrogen-bond acceptors (Lipinski definition) is 5. The zero-order valence-electron chi connectivity index (χ0n) is 17.5. The van der Waals surface area contributed by atoms with Gasteiger partial charge in [0.25, 0.3) is 0 Å². The number of aromatic nitrogens is 3. The van der Waals surface area contributed by atoms with E-state index in [1.165, 1.54) is 0 Å². The zero-order chi connectivity index (χ0) is 21.5. The molecule has 1 aliphatic heterocycles. The third kappa shape index (κ3) is 3.16. The molecule has 0 amide bonds. The van der Waals surface area contributed by atoms with E-state index in [0.29, 0.717) is 17.8 Å². The predicted molar refractivity (Wildman–Crippen MR) is 122 cm³/mol. The van der Waals surface area contributed by atoms with Gasteiger partial charge >= 0.3 is 5.69 Å². The predicted octanol–water partition coefficient (Wildman–Crippen LogP) is 2.74. The van der Waals surface area contributed by atoms with E-state index in [0.717, 1.165) is 53.5 Å². The molecule has 0 saturated carbocycles. The van der Waals surface area contributed by atoms with Crippen LogP contribution in [0, 0.1) is 11.3 Å². The largest absolute Gasteiger partial charge is 0.368 e. The number of hydrogen-bond donors (Lipinski definition) is 1. The highest BCUT2D eigenvalue weighted by molar-refractivity contribution is 5.90. The van der Waals surface area contributed by atoms with Gasteiger partial charge in [-0.05, 0) is 35.2 Å². The van der Waals surface area contributed by atoms with E-state index in [1.807, 2.05) is 42.5 Å². The van der Waals surface area contributed by atoms with Crippen molar-refractivity contribution in [2.24, 2.45) is 12.8 Å². The van der Waals surface area contributed by atoms with Crippen LogP contribution in [0.3, 0.4) is 0 Å². The molecule has 1 aliphatic rings. The van der Waals surface area contributed by atoms with Gasteiger partial charge in [-0.2, -0.15) is 5.26 Å². The topological polar surface area (TPSA) is 92.9 Å². The SMILES string of the molecule is Cn1c(=O)n(Cc2ccc3ccccc3c2C#N)c2c(N3CCC[C@@H](N)C3)ccnc21. The smallest absolute Gasteiger partial charge is 0.330 e. The molecule has 0 bridgehead atoms. The monoisotopic (exact) mass is 412 g/mol. The molecule has 1 atom stereocenters. The van der Waals surface area contributed by atoms with Gasteiger partial charge in [-0.15, -0.1) is 0 Å². The van der Waals surface area contributed by atoms with Crippen LogP contribution in [0.2, 0.25) is 0 Å². The molecule has 0 unspecified atom stereocenters. The van der Waals surface area contributed by atoms with E-state index in [2.05, 4.69) is 16.0 Å². The summed E-state index contributed by atoms with van der Waals surface area (Å²) >= 11 is 0. The van der Waals surface area contributed by atoms with Crippen molar-refractivity contribution < 1.29 is 0 Å². The highest BCUT2D eigenvalue weighted by Gasteiger charge is 2.23. The van der Waals surface area contributed by atoms with Crippen LogP contribution in [0.1, 0.15) is 24.0 Å². The van der Waals surface area contributed by atoms with Crippen LogP contribution in [0.5, 0.6) is 0 Å². The number of nitrogens with two attached hydrogens (primary N) is 1. The van der Waals surface area contributed by atoms with Gasteiger partial charge in [0.2, 0.25) is 0 Å². The third-order valence-corrected chi connectivity index (χ3v) is 6.24. The summed E-state index contributed by atoms with van der Waals surface area (Å²) in [5.74, 6) is 0. The number of nitrogens with zero attached hydrogens (tertiary/aromatic N) is 5. The maximum absolute atomic E-state index is 13.2. The Balaban J connectivity index is 1.69. The van der Waals surface area contributed by atoms with Crippen LogP contribution in [-0.4, -0.2) is 33.2 Å².